The van der Waals surface area contributed by atoms with Gasteiger partial charge in [-0.05, 0) is 6.92 Å². The van der Waals surface area contributed by atoms with Gasteiger partial charge in [-0.15, -0.1) is 0 Å². The zero-order chi connectivity index (χ0) is 8.27. The normalized spacial score (nSPS) is 12.6. The molecule has 1 rings (SSSR count). The maximum atomic E-state index is 13.0. The minimum atomic E-state index is -0.354. The summed E-state index contributed by atoms with van der Waals surface area (Å²) in [6, 6.07) is 8.74. The van der Waals surface area contributed by atoms with Crippen molar-refractivity contribution in [2.45, 2.75) is 6.92 Å². The molecule has 0 radical (unpaired) electrons. The van der Waals surface area contributed by atoms with Crippen LogP contribution >= 0.6 is 11.6 Å². The first kappa shape index (κ1) is 8.28. The van der Waals surface area contributed by atoms with E-state index in [1.807, 2.05) is 6.07 Å². The van der Waals surface area contributed by atoms with Gasteiger partial charge in [-0.1, -0.05) is 41.9 Å². The van der Waals surface area contributed by atoms with Crippen molar-refractivity contribution in [3.8, 4) is 0 Å². The molecule has 0 bridgehead atoms. The van der Waals surface area contributed by atoms with Crippen molar-refractivity contribution >= 4 is 17.4 Å². The van der Waals surface area contributed by atoms with Gasteiger partial charge in [0.1, 0.15) is 5.83 Å². The lowest BCUT2D eigenvalue weighted by Crippen LogP contribution is -1.76. The van der Waals surface area contributed by atoms with E-state index >= 15 is 0 Å². The van der Waals surface area contributed by atoms with Crippen molar-refractivity contribution in [2.24, 2.45) is 0 Å². The zero-order valence-corrected chi connectivity index (χ0v) is 6.90. The molecule has 11 heavy (non-hydrogen) atoms. The summed E-state index contributed by atoms with van der Waals surface area (Å²) in [4.78, 5) is 0. The lowest BCUT2D eigenvalue weighted by atomic mass is 10.2. The molecule has 1 aromatic carbocycles. The van der Waals surface area contributed by atoms with Crippen molar-refractivity contribution in [3.05, 3.63) is 40.9 Å². The summed E-state index contributed by atoms with van der Waals surface area (Å²) in [5, 5.41) is 0.191. The fraction of sp³-hybridized carbons (Fsp3) is 0.111. The van der Waals surface area contributed by atoms with E-state index in [1.165, 1.54) is 6.92 Å². The van der Waals surface area contributed by atoms with E-state index in [9.17, 15) is 4.39 Å². The maximum Gasteiger partial charge on any atom is 0.144 e. The van der Waals surface area contributed by atoms with Crippen molar-refractivity contribution in [1.29, 1.82) is 0 Å². The second-order valence-corrected chi connectivity index (χ2v) is 2.78. The molecule has 0 aliphatic heterocycles. The molecule has 0 fully saturated rings. The molecule has 0 heterocycles. The molecule has 0 saturated heterocycles. The molecule has 0 saturated carbocycles. The van der Waals surface area contributed by atoms with Crippen LogP contribution in [0.1, 0.15) is 12.5 Å². The van der Waals surface area contributed by atoms with Crippen LogP contribution < -0.4 is 0 Å². The van der Waals surface area contributed by atoms with Gasteiger partial charge in [0.2, 0.25) is 0 Å². The number of halogens is 2. The van der Waals surface area contributed by atoms with Crippen LogP contribution in [0.25, 0.3) is 5.83 Å². The van der Waals surface area contributed by atoms with Crippen LogP contribution in [-0.2, 0) is 0 Å². The number of allylic oxidation sites excluding steroid dienone is 1. The maximum absolute atomic E-state index is 13.0. The average molecular weight is 171 g/mol. The molecule has 0 atom stereocenters. The lowest BCUT2D eigenvalue weighted by Gasteiger charge is -1.96. The van der Waals surface area contributed by atoms with Gasteiger partial charge >= 0.3 is 0 Å². The minimum Gasteiger partial charge on any atom is -0.205 e. The fourth-order valence-electron chi connectivity index (χ4n) is 0.783. The Morgan fingerprint density at radius 2 is 1.82 bits per heavy atom. The first-order chi connectivity index (χ1) is 5.22. The van der Waals surface area contributed by atoms with Crippen LogP contribution in [-0.4, -0.2) is 0 Å². The Bertz CT molecular complexity index is 260. The van der Waals surface area contributed by atoms with E-state index in [0.717, 1.165) is 0 Å². The molecule has 2 heteroatoms. The second kappa shape index (κ2) is 3.54. The zero-order valence-electron chi connectivity index (χ0n) is 6.14. The molecule has 0 aliphatic rings. The highest BCUT2D eigenvalue weighted by Gasteiger charge is 2.00. The van der Waals surface area contributed by atoms with E-state index < -0.39 is 0 Å². The van der Waals surface area contributed by atoms with E-state index in [0.29, 0.717) is 5.56 Å². The standard InChI is InChI=1S/C9H8ClF/c1-7(10)9(11)8-5-3-2-4-6-8/h2-6H,1H3/b9-7+. The fourth-order valence-corrected chi connectivity index (χ4v) is 0.892. The van der Waals surface area contributed by atoms with Gasteiger partial charge in [0.25, 0.3) is 0 Å². The van der Waals surface area contributed by atoms with E-state index in [1.54, 1.807) is 24.3 Å². The van der Waals surface area contributed by atoms with Crippen LogP contribution in [0.2, 0.25) is 0 Å². The van der Waals surface area contributed by atoms with Gasteiger partial charge in [-0.2, -0.15) is 0 Å². The molecule has 0 spiro atoms. The third-order valence-corrected chi connectivity index (χ3v) is 1.50. The number of rotatable bonds is 1. The summed E-state index contributed by atoms with van der Waals surface area (Å²) in [7, 11) is 0. The van der Waals surface area contributed by atoms with Crippen LogP contribution in [0.4, 0.5) is 4.39 Å². The summed E-state index contributed by atoms with van der Waals surface area (Å²) in [5.41, 5.74) is 0.528. The van der Waals surface area contributed by atoms with Gasteiger partial charge < -0.3 is 0 Å². The Hall–Kier alpha value is -0.820. The summed E-state index contributed by atoms with van der Waals surface area (Å²) in [6.45, 7) is 1.53. The minimum absolute atomic E-state index is 0.191. The van der Waals surface area contributed by atoms with Crippen molar-refractivity contribution in [3.63, 3.8) is 0 Å². The van der Waals surface area contributed by atoms with Gasteiger partial charge in [-0.25, -0.2) is 4.39 Å². The molecule has 58 valence electrons. The van der Waals surface area contributed by atoms with Crippen molar-refractivity contribution in [1.82, 2.24) is 0 Å². The Kier molecular flexibility index (Phi) is 2.66. The number of hydrogen-bond donors (Lipinski definition) is 0. The highest BCUT2D eigenvalue weighted by atomic mass is 35.5. The molecular weight excluding hydrogens is 163 g/mol. The van der Waals surface area contributed by atoms with Gasteiger partial charge in [0.05, 0.1) is 5.03 Å². The average Bonchev–Trinajstić information content (AvgIpc) is 2.05. The topological polar surface area (TPSA) is 0 Å². The summed E-state index contributed by atoms with van der Waals surface area (Å²) in [5.74, 6) is -0.354. The molecule has 0 aliphatic carbocycles. The van der Waals surface area contributed by atoms with Crippen LogP contribution in [0.5, 0.6) is 0 Å². The number of benzene rings is 1. The molecule has 0 unspecified atom stereocenters. The Labute approximate surface area is 70.3 Å². The van der Waals surface area contributed by atoms with Crippen LogP contribution in [0, 0.1) is 0 Å². The Morgan fingerprint density at radius 1 is 1.27 bits per heavy atom. The second-order valence-electron chi connectivity index (χ2n) is 2.21. The smallest absolute Gasteiger partial charge is 0.144 e. The predicted octanol–water partition coefficient (Wildman–Crippen LogP) is 3.58. The quantitative estimate of drug-likeness (QED) is 0.604. The molecule has 0 nitrogen and oxygen atoms in total. The first-order valence-corrected chi connectivity index (χ1v) is 3.67. The van der Waals surface area contributed by atoms with E-state index in [2.05, 4.69) is 0 Å². The van der Waals surface area contributed by atoms with Crippen LogP contribution in [0.15, 0.2) is 35.4 Å². The Morgan fingerprint density at radius 3 is 2.27 bits per heavy atom. The van der Waals surface area contributed by atoms with Gasteiger partial charge in [-0.3, -0.25) is 0 Å². The largest absolute Gasteiger partial charge is 0.205 e. The molecular formula is C9H8ClF. The summed E-state index contributed by atoms with van der Waals surface area (Å²) >= 11 is 5.47. The van der Waals surface area contributed by atoms with Crippen molar-refractivity contribution in [2.75, 3.05) is 0 Å². The SMILES string of the molecule is C/C(Cl)=C(\F)c1ccccc1. The van der Waals surface area contributed by atoms with Crippen molar-refractivity contribution < 1.29 is 4.39 Å². The number of hydrogen-bond acceptors (Lipinski definition) is 0. The molecule has 0 amide bonds. The molecule has 1 aromatic rings. The third-order valence-electron chi connectivity index (χ3n) is 1.33. The van der Waals surface area contributed by atoms with Crippen LogP contribution in [0.3, 0.4) is 0 Å². The summed E-state index contributed by atoms with van der Waals surface area (Å²) < 4.78 is 13.0. The molecule has 0 N–H and O–H groups in total. The van der Waals surface area contributed by atoms with E-state index in [-0.39, 0.29) is 10.9 Å². The monoisotopic (exact) mass is 170 g/mol. The highest BCUT2D eigenvalue weighted by molar-refractivity contribution is 6.31. The molecule has 0 aromatic heterocycles. The first-order valence-electron chi connectivity index (χ1n) is 3.29. The highest BCUT2D eigenvalue weighted by Crippen LogP contribution is 2.21. The third kappa shape index (κ3) is 2.05. The van der Waals surface area contributed by atoms with Gasteiger partial charge in [0, 0.05) is 5.56 Å². The Balaban J connectivity index is 3.04. The van der Waals surface area contributed by atoms with Gasteiger partial charge in [0.15, 0.2) is 0 Å². The van der Waals surface area contributed by atoms with E-state index in [4.69, 9.17) is 11.6 Å². The predicted molar refractivity (Wildman–Crippen MR) is 46.0 cm³/mol. The summed E-state index contributed by atoms with van der Waals surface area (Å²) in [6.07, 6.45) is 0. The lowest BCUT2D eigenvalue weighted by molar-refractivity contribution is 0.756.